The summed E-state index contributed by atoms with van der Waals surface area (Å²) >= 11 is 12.2. The summed E-state index contributed by atoms with van der Waals surface area (Å²) in [5.41, 5.74) is 2.46. The fourth-order valence-corrected chi connectivity index (χ4v) is 2.72. The first-order valence-electron chi connectivity index (χ1n) is 6.45. The van der Waals surface area contributed by atoms with Crippen molar-refractivity contribution in [1.82, 2.24) is 9.97 Å². The molecule has 1 aromatic carbocycles. The molecule has 0 radical (unpaired) electrons. The van der Waals surface area contributed by atoms with Crippen LogP contribution in [0.3, 0.4) is 0 Å². The van der Waals surface area contributed by atoms with Crippen LogP contribution in [-0.4, -0.2) is 21.0 Å². The molecule has 0 bridgehead atoms. The number of halogens is 2. The summed E-state index contributed by atoms with van der Waals surface area (Å²) in [6.07, 6.45) is 3.51. The molecule has 0 aliphatic rings. The van der Waals surface area contributed by atoms with Crippen molar-refractivity contribution in [2.45, 2.75) is 6.42 Å². The molecule has 0 saturated carbocycles. The number of fused-ring (bicyclic) bond motifs is 1. The van der Waals surface area contributed by atoms with Gasteiger partial charge in [-0.05, 0) is 35.9 Å². The molecule has 3 rings (SSSR count). The molecule has 6 heteroatoms. The van der Waals surface area contributed by atoms with E-state index in [1.54, 1.807) is 24.4 Å². The van der Waals surface area contributed by atoms with Crippen molar-refractivity contribution in [2.24, 2.45) is 0 Å². The maximum absolute atomic E-state index is 11.0. The van der Waals surface area contributed by atoms with Crippen LogP contribution >= 0.6 is 23.2 Å². The monoisotopic (exact) mass is 332 g/mol. The lowest BCUT2D eigenvalue weighted by Gasteiger charge is -2.06. The quantitative estimate of drug-likeness (QED) is 0.779. The summed E-state index contributed by atoms with van der Waals surface area (Å²) in [7, 11) is 0. The van der Waals surface area contributed by atoms with E-state index in [2.05, 4.69) is 9.97 Å². The Bertz CT molecular complexity index is 881. The zero-order valence-electron chi connectivity index (χ0n) is 11.3. The van der Waals surface area contributed by atoms with E-state index >= 15 is 0 Å². The van der Waals surface area contributed by atoms with Crippen molar-refractivity contribution in [2.75, 3.05) is 0 Å². The molecule has 0 spiro atoms. The van der Waals surface area contributed by atoms with Gasteiger partial charge in [0.05, 0.1) is 21.1 Å². The number of pyridine rings is 2. The van der Waals surface area contributed by atoms with Crippen molar-refractivity contribution < 1.29 is 9.90 Å². The first kappa shape index (κ1) is 14.8. The minimum Gasteiger partial charge on any atom is -0.478 e. The fraction of sp³-hybridized carbons (Fsp3) is 0.0625. The summed E-state index contributed by atoms with van der Waals surface area (Å²) in [4.78, 5) is 19.4. The number of carbonyl (C=O) groups is 1. The number of carboxylic acid groups (broad SMARTS) is 1. The summed E-state index contributed by atoms with van der Waals surface area (Å²) < 4.78 is 0. The smallest absolute Gasteiger partial charge is 0.335 e. The van der Waals surface area contributed by atoms with E-state index < -0.39 is 5.97 Å². The van der Waals surface area contributed by atoms with Crippen LogP contribution in [0.25, 0.3) is 10.9 Å². The number of carboxylic acids is 1. The van der Waals surface area contributed by atoms with Crippen LogP contribution in [0.5, 0.6) is 0 Å². The summed E-state index contributed by atoms with van der Waals surface area (Å²) in [6, 6.07) is 8.54. The van der Waals surface area contributed by atoms with E-state index in [1.807, 2.05) is 6.07 Å². The second-order valence-corrected chi connectivity index (χ2v) is 5.66. The van der Waals surface area contributed by atoms with Gasteiger partial charge in [0.1, 0.15) is 0 Å². The summed E-state index contributed by atoms with van der Waals surface area (Å²) in [5.74, 6) is -0.976. The predicted molar refractivity (Wildman–Crippen MR) is 85.8 cm³/mol. The van der Waals surface area contributed by atoms with E-state index in [0.717, 1.165) is 10.9 Å². The maximum atomic E-state index is 11.0. The van der Waals surface area contributed by atoms with Crippen molar-refractivity contribution in [3.63, 3.8) is 0 Å². The zero-order valence-corrected chi connectivity index (χ0v) is 12.8. The van der Waals surface area contributed by atoms with Gasteiger partial charge in [-0.25, -0.2) is 4.79 Å². The molecule has 2 aromatic heterocycles. The van der Waals surface area contributed by atoms with Gasteiger partial charge in [-0.2, -0.15) is 0 Å². The number of hydrogen-bond donors (Lipinski definition) is 1. The molecule has 4 nitrogen and oxygen atoms in total. The molecule has 0 atom stereocenters. The van der Waals surface area contributed by atoms with Crippen LogP contribution in [0.2, 0.25) is 10.0 Å². The van der Waals surface area contributed by atoms with Crippen LogP contribution in [-0.2, 0) is 6.42 Å². The topological polar surface area (TPSA) is 63.1 Å². The highest BCUT2D eigenvalue weighted by molar-refractivity contribution is 6.35. The van der Waals surface area contributed by atoms with Gasteiger partial charge >= 0.3 is 5.97 Å². The van der Waals surface area contributed by atoms with Gasteiger partial charge in [0, 0.05) is 29.9 Å². The second kappa shape index (κ2) is 5.91. The Hall–Kier alpha value is -2.17. The predicted octanol–water partition coefficient (Wildman–Crippen LogP) is 4.23. The molecular weight excluding hydrogens is 323 g/mol. The minimum atomic E-state index is -0.976. The number of aromatic nitrogens is 2. The van der Waals surface area contributed by atoms with Crippen LogP contribution in [0.15, 0.2) is 42.7 Å². The highest BCUT2D eigenvalue weighted by Gasteiger charge is 2.08. The third-order valence-corrected chi connectivity index (χ3v) is 3.71. The standard InChI is InChI=1S/C16H10Cl2N2O2/c17-12-6-11-3-9(5-14(18)15(11)20-8-12)4-13-7-10(16(21)22)1-2-19-13/h1-3,5-8H,4H2,(H,21,22). The van der Waals surface area contributed by atoms with Gasteiger partial charge in [0.2, 0.25) is 0 Å². The van der Waals surface area contributed by atoms with Crippen LogP contribution in [0, 0.1) is 0 Å². The number of nitrogens with zero attached hydrogens (tertiary/aromatic N) is 2. The number of hydrogen-bond acceptors (Lipinski definition) is 3. The first-order valence-corrected chi connectivity index (χ1v) is 7.20. The van der Waals surface area contributed by atoms with E-state index in [-0.39, 0.29) is 5.56 Å². The normalized spacial score (nSPS) is 10.8. The lowest BCUT2D eigenvalue weighted by Crippen LogP contribution is -2.00. The Kier molecular flexibility index (Phi) is 3.96. The molecule has 22 heavy (non-hydrogen) atoms. The Balaban J connectivity index is 2.00. The fourth-order valence-electron chi connectivity index (χ4n) is 2.26. The Morgan fingerprint density at radius 3 is 2.73 bits per heavy atom. The summed E-state index contributed by atoms with van der Waals surface area (Å²) in [6.45, 7) is 0. The molecule has 2 heterocycles. The Morgan fingerprint density at radius 2 is 1.95 bits per heavy atom. The number of benzene rings is 1. The van der Waals surface area contributed by atoms with Crippen molar-refractivity contribution >= 4 is 40.1 Å². The first-order chi connectivity index (χ1) is 10.5. The van der Waals surface area contributed by atoms with Crippen LogP contribution < -0.4 is 0 Å². The average Bonchev–Trinajstić information content (AvgIpc) is 2.47. The van der Waals surface area contributed by atoms with Gasteiger partial charge in [0.15, 0.2) is 0 Å². The van der Waals surface area contributed by atoms with E-state index in [9.17, 15) is 4.79 Å². The molecule has 0 unspecified atom stereocenters. The van der Waals surface area contributed by atoms with Gasteiger partial charge < -0.3 is 5.11 Å². The maximum Gasteiger partial charge on any atom is 0.335 e. The van der Waals surface area contributed by atoms with E-state index in [4.69, 9.17) is 28.3 Å². The lowest BCUT2D eigenvalue weighted by molar-refractivity contribution is 0.0696. The molecule has 3 aromatic rings. The molecule has 1 N–H and O–H groups in total. The molecule has 0 aliphatic carbocycles. The molecule has 0 aliphatic heterocycles. The van der Waals surface area contributed by atoms with Gasteiger partial charge in [-0.3, -0.25) is 9.97 Å². The van der Waals surface area contributed by atoms with Gasteiger partial charge in [-0.1, -0.05) is 23.2 Å². The van der Waals surface area contributed by atoms with Crippen molar-refractivity contribution in [3.8, 4) is 0 Å². The Morgan fingerprint density at radius 1 is 1.14 bits per heavy atom. The SMILES string of the molecule is O=C(O)c1ccnc(Cc2cc(Cl)c3ncc(Cl)cc3c2)c1. The van der Waals surface area contributed by atoms with Crippen LogP contribution in [0.1, 0.15) is 21.6 Å². The highest BCUT2D eigenvalue weighted by atomic mass is 35.5. The van der Waals surface area contributed by atoms with Crippen LogP contribution in [0.4, 0.5) is 0 Å². The molecule has 0 fully saturated rings. The van der Waals surface area contributed by atoms with Crippen molar-refractivity contribution in [1.29, 1.82) is 0 Å². The molecule has 0 saturated heterocycles. The number of aromatic carboxylic acids is 1. The summed E-state index contributed by atoms with van der Waals surface area (Å²) in [5, 5.41) is 10.9. The highest BCUT2D eigenvalue weighted by Crippen LogP contribution is 2.26. The third kappa shape index (κ3) is 3.03. The lowest BCUT2D eigenvalue weighted by atomic mass is 10.1. The molecule has 110 valence electrons. The van der Waals surface area contributed by atoms with Gasteiger partial charge in [-0.15, -0.1) is 0 Å². The van der Waals surface area contributed by atoms with E-state index in [0.29, 0.717) is 27.7 Å². The zero-order chi connectivity index (χ0) is 15.7. The minimum absolute atomic E-state index is 0.210. The molecular formula is C16H10Cl2N2O2. The second-order valence-electron chi connectivity index (χ2n) is 4.82. The third-order valence-electron chi connectivity index (χ3n) is 3.21. The average molecular weight is 333 g/mol. The largest absolute Gasteiger partial charge is 0.478 e. The van der Waals surface area contributed by atoms with Crippen molar-refractivity contribution in [3.05, 3.63) is 69.6 Å². The van der Waals surface area contributed by atoms with E-state index in [1.165, 1.54) is 12.3 Å². The molecule has 0 amide bonds. The number of rotatable bonds is 3. The Labute approximate surface area is 136 Å². The van der Waals surface area contributed by atoms with Gasteiger partial charge in [0.25, 0.3) is 0 Å².